The van der Waals surface area contributed by atoms with E-state index in [1.54, 1.807) is 0 Å². The van der Waals surface area contributed by atoms with Crippen LogP contribution in [0.1, 0.15) is 0 Å². The fourth-order valence-corrected chi connectivity index (χ4v) is 0. The summed E-state index contributed by atoms with van der Waals surface area (Å²) < 4.78 is 0. The predicted octanol–water partition coefficient (Wildman–Crippen LogP) is -3.22. The topological polar surface area (TPSA) is 91.0 Å². The average Bonchev–Trinajstić information content (AvgIpc) is 1.38. The Morgan fingerprint density at radius 1 is 1.57 bits per heavy atom. The molecule has 0 spiro atoms. The Morgan fingerprint density at radius 3 is 1.71 bits per heavy atom. The number of nitrogens with two attached hydrogens (primary N) is 1. The van der Waals surface area contributed by atoms with Crippen LogP contribution in [0.15, 0.2) is 0 Å². The van der Waals surface area contributed by atoms with Crippen LogP contribution in [0, 0.1) is 0 Å². The molecule has 0 radical (unpaired) electrons. The Bertz CT molecular complexity index is 48.2. The fraction of sp³-hybridized carbons (Fsp3) is 0.500. The van der Waals surface area contributed by atoms with E-state index in [9.17, 15) is 0 Å². The van der Waals surface area contributed by atoms with Gasteiger partial charge in [-0.2, -0.15) is 0 Å². The van der Waals surface area contributed by atoms with Crippen molar-refractivity contribution < 1.29 is 44.6 Å². The molecule has 0 atom stereocenters. The summed E-state index contributed by atoms with van der Waals surface area (Å²) in [6.45, 7) is -0.778. The summed E-state index contributed by atoms with van der Waals surface area (Å²) in [4.78, 5) is 9.12. The number of rotatable bonds is 1. The molecule has 0 heterocycles. The van der Waals surface area contributed by atoms with Crippen LogP contribution in [0.5, 0.6) is 0 Å². The molecule has 38 valence electrons. The Kier molecular flexibility index (Phi) is 21.5. The maximum absolute atomic E-state index is 9.12. The van der Waals surface area contributed by atoms with Crippen LogP contribution in [0.4, 0.5) is 0 Å². The number of carbonyl (C=O) groups is 1. The minimum atomic E-state index is -1.19. The molecule has 4 N–H and O–H groups in total. The van der Waals surface area contributed by atoms with Crippen molar-refractivity contribution in [3.05, 3.63) is 6.15 Å². The number of carboxylic acids is 1. The first-order chi connectivity index (χ1) is 2.27. The van der Waals surface area contributed by atoms with Gasteiger partial charge < -0.3 is 16.4 Å². The molecule has 0 saturated carbocycles. The van der Waals surface area contributed by atoms with Crippen molar-refractivity contribution in [2.45, 2.75) is 0 Å². The molecule has 0 aromatic carbocycles. The first-order valence-electron chi connectivity index (χ1n) is 1.10. The van der Waals surface area contributed by atoms with Gasteiger partial charge in [0.15, 0.2) is 0 Å². The third-order valence-electron chi connectivity index (χ3n) is 0.135. The van der Waals surface area contributed by atoms with Crippen LogP contribution in [-0.2, 0) is 4.79 Å². The average molecular weight is 115 g/mol. The quantitative estimate of drug-likeness (QED) is 0.352. The number of aliphatic carboxylic acids is 1. The van der Waals surface area contributed by atoms with Gasteiger partial charge in [0.25, 0.3) is 0 Å². The van der Waals surface area contributed by atoms with Crippen molar-refractivity contribution in [2.75, 3.05) is 6.61 Å². The maximum Gasteiger partial charge on any atom is 1.00 e. The van der Waals surface area contributed by atoms with Crippen LogP contribution >= 0.6 is 0 Å². The third kappa shape index (κ3) is 21.6. The number of hydrogen-bond donors (Lipinski definition) is 2. The van der Waals surface area contributed by atoms with Gasteiger partial charge in [-0.25, -0.2) is 4.79 Å². The Hall–Kier alpha value is 0.390. The fourth-order valence-electron chi connectivity index (χ4n) is 0. The second kappa shape index (κ2) is 9.63. The summed E-state index contributed by atoms with van der Waals surface area (Å²) >= 11 is 0. The van der Waals surface area contributed by atoms with E-state index >= 15 is 0 Å². The number of carboxylic acid groups (broad SMARTS) is 1. The van der Waals surface area contributed by atoms with E-state index in [2.05, 4.69) is 0 Å². The van der Waals surface area contributed by atoms with E-state index in [-0.39, 0.29) is 35.7 Å². The molecule has 0 rings (SSSR count). The molecular weight excluding hydrogens is 109 g/mol. The third-order valence-corrected chi connectivity index (χ3v) is 0.135. The van der Waals surface area contributed by atoms with Gasteiger partial charge >= 0.3 is 35.5 Å². The largest absolute Gasteiger partial charge is 1.00 e. The molecule has 0 amide bonds. The van der Waals surface area contributed by atoms with Gasteiger partial charge in [-0.15, -0.1) is 0 Å². The Labute approximate surface area is 63.4 Å². The molecule has 0 aromatic heterocycles. The smallest absolute Gasteiger partial charge is 0.693 e. The predicted molar refractivity (Wildman–Crippen MR) is 20.0 cm³/mol. The molecule has 0 aliphatic carbocycles. The standard InChI is InChI=1S/C2H4O3.H2N.Na/c3-1-2(4)5;;/h3H,1H2,(H,4,5);1H2;/q;-1;+1. The molecule has 0 aliphatic rings. The van der Waals surface area contributed by atoms with E-state index in [0.29, 0.717) is 0 Å². The van der Waals surface area contributed by atoms with Crippen LogP contribution in [-0.4, -0.2) is 22.8 Å². The summed E-state index contributed by atoms with van der Waals surface area (Å²) in [5.74, 6) is -1.19. The second-order valence-corrected chi connectivity index (χ2v) is 0.552. The van der Waals surface area contributed by atoms with Gasteiger partial charge in [0.2, 0.25) is 0 Å². The molecule has 0 aromatic rings. The first-order valence-corrected chi connectivity index (χ1v) is 1.10. The number of aliphatic hydroxyl groups is 1. The second-order valence-electron chi connectivity index (χ2n) is 0.552. The van der Waals surface area contributed by atoms with Crippen LogP contribution in [0.25, 0.3) is 6.15 Å². The van der Waals surface area contributed by atoms with Gasteiger partial charge in [0.1, 0.15) is 6.61 Å². The minimum absolute atomic E-state index is 0. The summed E-state index contributed by atoms with van der Waals surface area (Å²) in [5.41, 5.74) is 0. The van der Waals surface area contributed by atoms with Gasteiger partial charge in [-0.05, 0) is 0 Å². The molecule has 0 fully saturated rings. The number of aliphatic hydroxyl groups excluding tert-OH is 1. The molecule has 0 unspecified atom stereocenters. The molecule has 0 saturated heterocycles. The van der Waals surface area contributed by atoms with Crippen LogP contribution in [0.2, 0.25) is 0 Å². The van der Waals surface area contributed by atoms with Gasteiger partial charge in [-0.3, -0.25) is 0 Å². The van der Waals surface area contributed by atoms with Crippen molar-refractivity contribution in [1.82, 2.24) is 0 Å². The molecular formula is C2H6NNaO3. The Morgan fingerprint density at radius 2 is 1.71 bits per heavy atom. The zero-order valence-corrected chi connectivity index (χ0v) is 6.09. The van der Waals surface area contributed by atoms with E-state index < -0.39 is 12.6 Å². The monoisotopic (exact) mass is 115 g/mol. The summed E-state index contributed by atoms with van der Waals surface area (Å²) in [6, 6.07) is 0. The number of hydrogen-bond acceptors (Lipinski definition) is 2. The van der Waals surface area contributed by atoms with E-state index in [1.165, 1.54) is 0 Å². The van der Waals surface area contributed by atoms with Crippen molar-refractivity contribution in [2.24, 2.45) is 0 Å². The van der Waals surface area contributed by atoms with Crippen LogP contribution in [0.3, 0.4) is 0 Å². The molecule has 0 bridgehead atoms. The van der Waals surface area contributed by atoms with Gasteiger partial charge in [0, 0.05) is 0 Å². The molecule has 7 heavy (non-hydrogen) atoms. The normalized spacial score (nSPS) is 5.29. The van der Waals surface area contributed by atoms with E-state index in [4.69, 9.17) is 15.0 Å². The van der Waals surface area contributed by atoms with Crippen molar-refractivity contribution in [3.63, 3.8) is 0 Å². The minimum Gasteiger partial charge on any atom is -0.693 e. The SMILES string of the molecule is O=C(O)CO.[NH2-].[Na+]. The van der Waals surface area contributed by atoms with Crippen LogP contribution < -0.4 is 29.6 Å². The summed E-state index contributed by atoms with van der Waals surface area (Å²) in [7, 11) is 0. The summed E-state index contributed by atoms with van der Waals surface area (Å²) in [5, 5.41) is 15.0. The Balaban J connectivity index is -0.0000000800. The van der Waals surface area contributed by atoms with E-state index in [1.807, 2.05) is 0 Å². The van der Waals surface area contributed by atoms with Crippen molar-refractivity contribution >= 4 is 5.97 Å². The zero-order chi connectivity index (χ0) is 4.28. The maximum atomic E-state index is 9.12. The summed E-state index contributed by atoms with van der Waals surface area (Å²) in [6.07, 6.45) is 0. The van der Waals surface area contributed by atoms with Gasteiger partial charge in [0.05, 0.1) is 0 Å². The molecule has 5 heteroatoms. The van der Waals surface area contributed by atoms with E-state index in [0.717, 1.165) is 0 Å². The van der Waals surface area contributed by atoms with Crippen molar-refractivity contribution in [3.8, 4) is 0 Å². The first kappa shape index (κ1) is 15.7. The van der Waals surface area contributed by atoms with Gasteiger partial charge in [-0.1, -0.05) is 0 Å². The molecule has 4 nitrogen and oxygen atoms in total. The molecule has 0 aliphatic heterocycles. The zero-order valence-electron chi connectivity index (χ0n) is 4.09. The van der Waals surface area contributed by atoms with Crippen molar-refractivity contribution in [1.29, 1.82) is 0 Å².